The molecule has 0 saturated heterocycles. The van der Waals surface area contributed by atoms with Gasteiger partial charge < -0.3 is 5.32 Å². The molecule has 1 N–H and O–H groups in total. The zero-order valence-electron chi connectivity index (χ0n) is 11.8. The van der Waals surface area contributed by atoms with Crippen molar-refractivity contribution >= 4 is 11.7 Å². The monoisotopic (exact) mass is 259 g/mol. The maximum absolute atomic E-state index is 12.4. The maximum Gasteiger partial charge on any atom is 0.234 e. The molecule has 1 saturated carbocycles. The van der Waals surface area contributed by atoms with Crippen molar-refractivity contribution in [2.45, 2.75) is 45.6 Å². The average Bonchev–Trinajstić information content (AvgIpc) is 3.09. The third-order valence-corrected chi connectivity index (χ3v) is 3.41. The molecule has 3 nitrogen and oxygen atoms in total. The maximum atomic E-state index is 12.4. The number of Topliss-reactive ketones (excluding diaryl/α,β-unsaturated/α-hetero) is 1. The van der Waals surface area contributed by atoms with Crippen LogP contribution in [0.4, 0.5) is 0 Å². The summed E-state index contributed by atoms with van der Waals surface area (Å²) < 4.78 is 0. The van der Waals surface area contributed by atoms with Crippen LogP contribution in [0, 0.1) is 5.41 Å². The Morgan fingerprint density at radius 3 is 2.21 bits per heavy atom. The molecule has 0 aromatic heterocycles. The molecule has 1 aliphatic rings. The molecule has 1 aliphatic carbocycles. The van der Waals surface area contributed by atoms with Crippen LogP contribution in [0.15, 0.2) is 30.3 Å². The van der Waals surface area contributed by atoms with Gasteiger partial charge in [0.05, 0.1) is 0 Å². The third-order valence-electron chi connectivity index (χ3n) is 3.41. The summed E-state index contributed by atoms with van der Waals surface area (Å²) in [4.78, 5) is 24.6. The first-order chi connectivity index (χ1) is 8.83. The standard InChI is InChI=1S/C16H21NO2/c1-15(2,3)17-14(19)16(9-10-16)13(18)11-12-7-5-4-6-8-12/h4-8H,9-11H2,1-3H3,(H,17,19). The van der Waals surface area contributed by atoms with Crippen LogP contribution in [0.3, 0.4) is 0 Å². The second-order valence-electron chi connectivity index (χ2n) is 6.37. The van der Waals surface area contributed by atoms with Crippen LogP contribution in [-0.2, 0) is 16.0 Å². The van der Waals surface area contributed by atoms with Gasteiger partial charge in [-0.2, -0.15) is 0 Å². The van der Waals surface area contributed by atoms with Gasteiger partial charge in [-0.05, 0) is 39.2 Å². The van der Waals surface area contributed by atoms with Gasteiger partial charge in [0.2, 0.25) is 5.91 Å². The van der Waals surface area contributed by atoms with Crippen molar-refractivity contribution in [2.24, 2.45) is 5.41 Å². The van der Waals surface area contributed by atoms with E-state index in [9.17, 15) is 9.59 Å². The summed E-state index contributed by atoms with van der Waals surface area (Å²) in [6, 6.07) is 9.60. The predicted molar refractivity (Wildman–Crippen MR) is 74.7 cm³/mol. The van der Waals surface area contributed by atoms with E-state index in [1.807, 2.05) is 51.1 Å². The number of carbonyl (C=O) groups excluding carboxylic acids is 2. The van der Waals surface area contributed by atoms with Gasteiger partial charge in [-0.3, -0.25) is 9.59 Å². The van der Waals surface area contributed by atoms with Gasteiger partial charge in [0.25, 0.3) is 0 Å². The molecule has 102 valence electrons. The molecule has 1 amide bonds. The van der Waals surface area contributed by atoms with E-state index in [0.717, 1.165) is 5.56 Å². The summed E-state index contributed by atoms with van der Waals surface area (Å²) >= 11 is 0. The lowest BCUT2D eigenvalue weighted by Gasteiger charge is -2.24. The minimum absolute atomic E-state index is 0.0421. The van der Waals surface area contributed by atoms with E-state index < -0.39 is 5.41 Å². The van der Waals surface area contributed by atoms with Crippen molar-refractivity contribution in [2.75, 3.05) is 0 Å². The Bertz CT molecular complexity index is 481. The average molecular weight is 259 g/mol. The lowest BCUT2D eigenvalue weighted by Crippen LogP contribution is -2.47. The zero-order valence-corrected chi connectivity index (χ0v) is 11.8. The molecule has 2 rings (SSSR count). The van der Waals surface area contributed by atoms with E-state index in [-0.39, 0.29) is 17.2 Å². The summed E-state index contributed by atoms with van der Waals surface area (Å²) in [6.45, 7) is 5.80. The Morgan fingerprint density at radius 2 is 1.74 bits per heavy atom. The normalized spacial score (nSPS) is 16.8. The molecule has 0 radical (unpaired) electrons. The number of amides is 1. The lowest BCUT2D eigenvalue weighted by molar-refractivity contribution is -0.136. The van der Waals surface area contributed by atoms with Crippen molar-refractivity contribution in [1.82, 2.24) is 5.32 Å². The number of benzene rings is 1. The summed E-state index contributed by atoms with van der Waals surface area (Å²) in [5.74, 6) is -0.0682. The highest BCUT2D eigenvalue weighted by Crippen LogP contribution is 2.47. The van der Waals surface area contributed by atoms with Crippen molar-refractivity contribution in [3.63, 3.8) is 0 Å². The highest BCUT2D eigenvalue weighted by atomic mass is 16.2. The SMILES string of the molecule is CC(C)(C)NC(=O)C1(C(=O)Cc2ccccc2)CC1. The molecule has 0 bridgehead atoms. The van der Waals surface area contributed by atoms with Crippen LogP contribution in [0.25, 0.3) is 0 Å². The lowest BCUT2D eigenvalue weighted by atomic mass is 9.93. The second kappa shape index (κ2) is 4.80. The van der Waals surface area contributed by atoms with Gasteiger partial charge in [0.1, 0.15) is 5.41 Å². The molecular formula is C16H21NO2. The van der Waals surface area contributed by atoms with Gasteiger partial charge in [-0.1, -0.05) is 30.3 Å². The van der Waals surface area contributed by atoms with Crippen LogP contribution in [0.1, 0.15) is 39.2 Å². The second-order valence-corrected chi connectivity index (χ2v) is 6.37. The number of hydrogen-bond acceptors (Lipinski definition) is 2. The zero-order chi connectivity index (χ0) is 14.1. The van der Waals surface area contributed by atoms with Gasteiger partial charge >= 0.3 is 0 Å². The van der Waals surface area contributed by atoms with Crippen molar-refractivity contribution in [1.29, 1.82) is 0 Å². The number of carbonyl (C=O) groups is 2. The summed E-state index contributed by atoms with van der Waals surface area (Å²) in [5.41, 5.74) is -0.0784. The van der Waals surface area contributed by atoms with Gasteiger partial charge in [0.15, 0.2) is 5.78 Å². The summed E-state index contributed by atoms with van der Waals surface area (Å²) in [7, 11) is 0. The van der Waals surface area contributed by atoms with Crippen LogP contribution >= 0.6 is 0 Å². The van der Waals surface area contributed by atoms with Crippen LogP contribution in [0.5, 0.6) is 0 Å². The highest BCUT2D eigenvalue weighted by molar-refractivity contribution is 6.09. The van der Waals surface area contributed by atoms with Crippen molar-refractivity contribution in [3.8, 4) is 0 Å². The molecule has 0 aliphatic heterocycles. The Balaban J connectivity index is 2.04. The van der Waals surface area contributed by atoms with Gasteiger partial charge in [-0.15, -0.1) is 0 Å². The van der Waals surface area contributed by atoms with E-state index >= 15 is 0 Å². The Hall–Kier alpha value is -1.64. The molecular weight excluding hydrogens is 238 g/mol. The molecule has 0 heterocycles. The van der Waals surface area contributed by atoms with Crippen LogP contribution in [-0.4, -0.2) is 17.2 Å². The molecule has 0 atom stereocenters. The molecule has 1 fully saturated rings. The van der Waals surface area contributed by atoms with Gasteiger partial charge in [0, 0.05) is 12.0 Å². The van der Waals surface area contributed by atoms with E-state index in [1.165, 1.54) is 0 Å². The van der Waals surface area contributed by atoms with E-state index in [1.54, 1.807) is 0 Å². The Morgan fingerprint density at radius 1 is 1.16 bits per heavy atom. The smallest absolute Gasteiger partial charge is 0.234 e. The topological polar surface area (TPSA) is 46.2 Å². The van der Waals surface area contributed by atoms with Crippen LogP contribution in [0.2, 0.25) is 0 Å². The molecule has 0 unspecified atom stereocenters. The first kappa shape index (κ1) is 13.8. The number of hydrogen-bond donors (Lipinski definition) is 1. The Labute approximate surface area is 114 Å². The van der Waals surface area contributed by atoms with E-state index in [0.29, 0.717) is 19.3 Å². The quantitative estimate of drug-likeness (QED) is 0.844. The van der Waals surface area contributed by atoms with Crippen LogP contribution < -0.4 is 5.32 Å². The minimum atomic E-state index is -0.761. The Kier molecular flexibility index (Phi) is 3.48. The fourth-order valence-corrected chi connectivity index (χ4v) is 2.17. The first-order valence-electron chi connectivity index (χ1n) is 6.73. The highest BCUT2D eigenvalue weighted by Gasteiger charge is 2.56. The van der Waals surface area contributed by atoms with Crippen molar-refractivity contribution < 1.29 is 9.59 Å². The molecule has 19 heavy (non-hydrogen) atoms. The van der Waals surface area contributed by atoms with Gasteiger partial charge in [-0.25, -0.2) is 0 Å². The summed E-state index contributed by atoms with van der Waals surface area (Å²) in [5, 5.41) is 2.93. The minimum Gasteiger partial charge on any atom is -0.351 e. The predicted octanol–water partition coefficient (Wildman–Crippen LogP) is 2.49. The molecule has 1 aromatic rings. The fourth-order valence-electron chi connectivity index (χ4n) is 2.17. The van der Waals surface area contributed by atoms with E-state index in [2.05, 4.69) is 5.32 Å². The number of rotatable bonds is 4. The number of nitrogens with one attached hydrogen (secondary N) is 1. The first-order valence-corrected chi connectivity index (χ1v) is 6.73. The molecule has 3 heteroatoms. The largest absolute Gasteiger partial charge is 0.351 e. The number of ketones is 1. The summed E-state index contributed by atoms with van der Waals surface area (Å²) in [6.07, 6.45) is 1.71. The van der Waals surface area contributed by atoms with E-state index in [4.69, 9.17) is 0 Å². The molecule has 1 aromatic carbocycles. The fraction of sp³-hybridized carbons (Fsp3) is 0.500. The third kappa shape index (κ3) is 3.22. The molecule has 0 spiro atoms. The van der Waals surface area contributed by atoms with Crippen molar-refractivity contribution in [3.05, 3.63) is 35.9 Å².